The average molecular weight is 548 g/mol. The zero-order valence-corrected chi connectivity index (χ0v) is 21.7. The summed E-state index contributed by atoms with van der Waals surface area (Å²) in [6, 6.07) is 15.9. The summed E-state index contributed by atoms with van der Waals surface area (Å²) in [5, 5.41) is 13.2. The number of nitrogens with one attached hydrogen (secondary N) is 2. The Labute approximate surface area is 226 Å². The number of rotatable bonds is 6. The van der Waals surface area contributed by atoms with Crippen molar-refractivity contribution in [2.45, 2.75) is 25.9 Å². The van der Waals surface area contributed by atoms with Gasteiger partial charge in [-0.25, -0.2) is 9.50 Å². The highest BCUT2D eigenvalue weighted by molar-refractivity contribution is 6.09. The molecule has 0 aliphatic carbocycles. The first-order valence-corrected chi connectivity index (χ1v) is 12.3. The van der Waals surface area contributed by atoms with E-state index in [4.69, 9.17) is 0 Å². The van der Waals surface area contributed by atoms with Gasteiger partial charge in [0.15, 0.2) is 17.0 Å². The Bertz CT molecular complexity index is 1720. The van der Waals surface area contributed by atoms with E-state index in [9.17, 15) is 22.8 Å². The van der Waals surface area contributed by atoms with Crippen LogP contribution in [0.3, 0.4) is 0 Å². The summed E-state index contributed by atoms with van der Waals surface area (Å²) in [6.07, 6.45) is -2.06. The van der Waals surface area contributed by atoms with Crippen molar-refractivity contribution >= 4 is 28.8 Å². The second kappa shape index (κ2) is 10.3. The topological polar surface area (TPSA) is 106 Å². The zero-order chi connectivity index (χ0) is 28.6. The molecule has 3 heterocycles. The molecule has 2 N–H and O–H groups in total. The molecule has 0 saturated heterocycles. The highest BCUT2D eigenvalue weighted by Crippen LogP contribution is 2.33. The third-order valence-electron chi connectivity index (χ3n) is 6.20. The number of carbonyl (C=O) groups is 2. The fourth-order valence-electron chi connectivity index (χ4n) is 4.12. The lowest BCUT2D eigenvalue weighted by Gasteiger charge is -2.12. The summed E-state index contributed by atoms with van der Waals surface area (Å²) in [5.74, 6) is -0.900. The molecule has 5 rings (SSSR count). The molecule has 3 aromatic heterocycles. The van der Waals surface area contributed by atoms with E-state index in [0.717, 1.165) is 17.8 Å². The minimum absolute atomic E-state index is 0.0592. The van der Waals surface area contributed by atoms with Gasteiger partial charge in [-0.1, -0.05) is 44.2 Å². The van der Waals surface area contributed by atoms with Crippen molar-refractivity contribution in [2.24, 2.45) is 7.05 Å². The predicted molar refractivity (Wildman–Crippen MR) is 143 cm³/mol. The van der Waals surface area contributed by atoms with Crippen molar-refractivity contribution in [3.8, 4) is 11.3 Å². The van der Waals surface area contributed by atoms with Crippen LogP contribution in [0.5, 0.6) is 0 Å². The molecule has 0 fully saturated rings. The Morgan fingerprint density at radius 1 is 0.925 bits per heavy atom. The van der Waals surface area contributed by atoms with Gasteiger partial charge < -0.3 is 10.6 Å². The van der Waals surface area contributed by atoms with E-state index in [-0.39, 0.29) is 28.5 Å². The number of carbonyl (C=O) groups excluding carboxylic acids is 2. The van der Waals surface area contributed by atoms with Crippen LogP contribution in [0.25, 0.3) is 16.9 Å². The molecule has 0 aliphatic heterocycles. The highest BCUT2D eigenvalue weighted by atomic mass is 19.4. The van der Waals surface area contributed by atoms with Crippen LogP contribution in [0.1, 0.15) is 51.9 Å². The second-order valence-electron chi connectivity index (χ2n) is 9.46. The summed E-state index contributed by atoms with van der Waals surface area (Å²) >= 11 is 0. The van der Waals surface area contributed by atoms with Gasteiger partial charge in [-0.3, -0.25) is 14.3 Å². The van der Waals surface area contributed by atoms with Gasteiger partial charge >= 0.3 is 6.18 Å². The molecule has 5 aromatic rings. The van der Waals surface area contributed by atoms with Gasteiger partial charge in [0.1, 0.15) is 5.56 Å². The van der Waals surface area contributed by atoms with Crippen LogP contribution < -0.4 is 10.6 Å². The molecule has 0 bridgehead atoms. The van der Waals surface area contributed by atoms with Gasteiger partial charge in [0.25, 0.3) is 11.8 Å². The van der Waals surface area contributed by atoms with Crippen LogP contribution in [-0.4, -0.2) is 36.2 Å². The fourth-order valence-corrected chi connectivity index (χ4v) is 4.12. The number of amides is 2. The van der Waals surface area contributed by atoms with Gasteiger partial charge in [-0.15, -0.1) is 0 Å². The monoisotopic (exact) mass is 547 g/mol. The first-order valence-electron chi connectivity index (χ1n) is 12.3. The van der Waals surface area contributed by atoms with Crippen LogP contribution in [-0.2, 0) is 13.2 Å². The number of anilines is 2. The summed E-state index contributed by atoms with van der Waals surface area (Å²) in [5.41, 5.74) is 1.03. The molecular formula is C28H24F3N7O2. The summed E-state index contributed by atoms with van der Waals surface area (Å²) in [7, 11) is 1.69. The number of hydrogen-bond acceptors (Lipinski definition) is 5. The van der Waals surface area contributed by atoms with Crippen LogP contribution >= 0.6 is 0 Å². The van der Waals surface area contributed by atoms with E-state index in [1.54, 1.807) is 49.6 Å². The molecule has 0 radical (unpaired) electrons. The van der Waals surface area contributed by atoms with Crippen molar-refractivity contribution in [1.82, 2.24) is 24.4 Å². The molecule has 2 aromatic carbocycles. The molecule has 0 aliphatic rings. The average Bonchev–Trinajstić information content (AvgIpc) is 3.54. The third-order valence-corrected chi connectivity index (χ3v) is 6.20. The third kappa shape index (κ3) is 5.41. The highest BCUT2D eigenvalue weighted by Gasteiger charge is 2.36. The van der Waals surface area contributed by atoms with E-state index in [1.807, 2.05) is 26.0 Å². The lowest BCUT2D eigenvalue weighted by molar-refractivity contribution is -0.142. The van der Waals surface area contributed by atoms with Crippen LogP contribution in [0.2, 0.25) is 0 Å². The van der Waals surface area contributed by atoms with E-state index < -0.39 is 23.7 Å². The molecular weight excluding hydrogens is 523 g/mol. The lowest BCUT2D eigenvalue weighted by atomic mass is 10.0. The molecule has 204 valence electrons. The SMILES string of the molecule is CC(C)c1ccc(-c2cc(C(F)(F)F)n3ncc(C(=O)Nc4cccc(NC(=O)c5ccn(C)n5)c4)c3n2)cc1. The predicted octanol–water partition coefficient (Wildman–Crippen LogP) is 5.78. The number of benzene rings is 2. The maximum Gasteiger partial charge on any atom is 0.433 e. The Morgan fingerprint density at radius 2 is 1.60 bits per heavy atom. The molecule has 0 unspecified atom stereocenters. The molecule has 0 saturated carbocycles. The molecule has 2 amide bonds. The van der Waals surface area contributed by atoms with Crippen LogP contribution in [0, 0.1) is 0 Å². The zero-order valence-electron chi connectivity index (χ0n) is 21.7. The van der Waals surface area contributed by atoms with Crippen molar-refractivity contribution in [3.05, 3.63) is 95.6 Å². The van der Waals surface area contributed by atoms with Gasteiger partial charge in [-0.2, -0.15) is 23.4 Å². The summed E-state index contributed by atoms with van der Waals surface area (Å²) in [6.45, 7) is 4.03. The Balaban J connectivity index is 1.46. The largest absolute Gasteiger partial charge is 0.433 e. The first-order chi connectivity index (χ1) is 19.0. The van der Waals surface area contributed by atoms with Crippen LogP contribution in [0.15, 0.2) is 73.1 Å². The number of hydrogen-bond donors (Lipinski definition) is 2. The molecule has 12 heteroatoms. The minimum atomic E-state index is -4.74. The van der Waals surface area contributed by atoms with E-state index in [1.165, 1.54) is 10.7 Å². The Morgan fingerprint density at radius 3 is 2.20 bits per heavy atom. The number of aryl methyl sites for hydroxylation is 1. The van der Waals surface area contributed by atoms with E-state index in [2.05, 4.69) is 25.8 Å². The number of aromatic nitrogens is 5. The van der Waals surface area contributed by atoms with Crippen molar-refractivity contribution in [2.75, 3.05) is 10.6 Å². The van der Waals surface area contributed by atoms with Crippen molar-refractivity contribution in [1.29, 1.82) is 0 Å². The fraction of sp³-hybridized carbons (Fsp3) is 0.179. The second-order valence-corrected chi connectivity index (χ2v) is 9.46. The molecule has 40 heavy (non-hydrogen) atoms. The van der Waals surface area contributed by atoms with Gasteiger partial charge in [0.2, 0.25) is 0 Å². The Hall–Kier alpha value is -5.00. The first kappa shape index (κ1) is 26.6. The molecule has 0 spiro atoms. The number of fused-ring (bicyclic) bond motifs is 1. The van der Waals surface area contributed by atoms with E-state index in [0.29, 0.717) is 21.5 Å². The maximum atomic E-state index is 14.0. The number of halogens is 3. The molecule has 9 nitrogen and oxygen atoms in total. The maximum absolute atomic E-state index is 14.0. The normalized spacial score (nSPS) is 11.7. The van der Waals surface area contributed by atoms with Crippen molar-refractivity contribution in [3.63, 3.8) is 0 Å². The summed E-state index contributed by atoms with van der Waals surface area (Å²) in [4.78, 5) is 30.0. The Kier molecular flexibility index (Phi) is 6.84. The van der Waals surface area contributed by atoms with E-state index >= 15 is 0 Å². The lowest BCUT2D eigenvalue weighted by Crippen LogP contribution is -2.16. The van der Waals surface area contributed by atoms with Gasteiger partial charge in [-0.05, 0) is 41.8 Å². The smallest absolute Gasteiger partial charge is 0.322 e. The molecule has 0 atom stereocenters. The number of nitrogens with zero attached hydrogens (tertiary/aromatic N) is 5. The quantitative estimate of drug-likeness (QED) is 0.281. The van der Waals surface area contributed by atoms with Gasteiger partial charge in [0.05, 0.1) is 11.9 Å². The van der Waals surface area contributed by atoms with Crippen LogP contribution in [0.4, 0.5) is 24.5 Å². The van der Waals surface area contributed by atoms with Gasteiger partial charge in [0, 0.05) is 30.2 Å². The minimum Gasteiger partial charge on any atom is -0.322 e. The summed E-state index contributed by atoms with van der Waals surface area (Å²) < 4.78 is 44.1. The van der Waals surface area contributed by atoms with Crippen molar-refractivity contribution < 1.29 is 22.8 Å². The standard InChI is InChI=1S/C28H24F3N7O2/c1-16(2)17-7-9-18(10-8-17)23-14-24(28(29,30)31)38-25(35-23)21(15-32-38)26(39)33-19-5-4-6-20(13-19)34-27(40)22-11-12-37(3)36-22/h4-16H,1-3H3,(H,33,39)(H,34,40). The number of alkyl halides is 3.